The molecule has 0 radical (unpaired) electrons. The number of nitrogens with one attached hydrogen (secondary N) is 1. The summed E-state index contributed by atoms with van der Waals surface area (Å²) >= 11 is 6.32. The van der Waals surface area contributed by atoms with Crippen LogP contribution in [-0.4, -0.2) is 42.9 Å². The molecule has 1 atom stereocenters. The van der Waals surface area contributed by atoms with Crippen LogP contribution in [0.2, 0.25) is 5.02 Å². The number of hydrogen-bond donors (Lipinski definition) is 1. The topological polar surface area (TPSA) is 107 Å². The molecule has 0 saturated heterocycles. The molecule has 8 nitrogen and oxygen atoms in total. The van der Waals surface area contributed by atoms with Gasteiger partial charge in [-0.25, -0.2) is 13.2 Å². The number of nitrogens with zero attached hydrogens (tertiary/aromatic N) is 2. The van der Waals surface area contributed by atoms with Crippen LogP contribution in [0.5, 0.6) is 0 Å². The van der Waals surface area contributed by atoms with Crippen LogP contribution >= 0.6 is 11.6 Å². The summed E-state index contributed by atoms with van der Waals surface area (Å²) in [4.78, 5) is 25.5. The molecule has 1 aliphatic rings. The van der Waals surface area contributed by atoms with Crippen molar-refractivity contribution in [1.82, 2.24) is 9.78 Å². The first-order valence-electron chi connectivity index (χ1n) is 13.8. The predicted molar refractivity (Wildman–Crippen MR) is 155 cm³/mol. The van der Waals surface area contributed by atoms with Gasteiger partial charge in [-0.2, -0.15) is 5.10 Å². The summed E-state index contributed by atoms with van der Waals surface area (Å²) in [5, 5.41) is 7.58. The number of unbranched alkanes of at least 4 members (excludes halogenated alkanes) is 2. The van der Waals surface area contributed by atoms with Crippen LogP contribution < -0.4 is 5.32 Å². The molecule has 214 valence electrons. The lowest BCUT2D eigenvalue weighted by atomic mass is 9.87. The number of sulfone groups is 1. The third kappa shape index (κ3) is 8.41. The maximum absolute atomic E-state index is 13.4. The SMILES string of the molecule is CS(=O)(=O)c1ccc([C@@H](CC2CCCC2)C(=O)Nc2ccn(CCCCCOC(=O)c3ccccc3)n2)cc1Cl. The minimum Gasteiger partial charge on any atom is -0.462 e. The monoisotopic (exact) mass is 585 g/mol. The van der Waals surface area contributed by atoms with Gasteiger partial charge in [0.2, 0.25) is 5.91 Å². The number of rotatable bonds is 13. The standard InChI is InChI=1S/C30H36ClN3O5S/c1-40(37,38)27-15-14-24(21-26(27)31)25(20-22-10-6-7-11-22)29(35)32-28-16-18-34(33-28)17-8-3-9-19-39-30(36)23-12-4-2-5-13-23/h2,4-5,12-16,18,21-22,25H,3,6-11,17,19-20H2,1H3,(H,32,33,35)/t25-/m1/s1. The van der Waals surface area contributed by atoms with Crippen molar-refractivity contribution in [2.75, 3.05) is 18.2 Å². The second-order valence-corrected chi connectivity index (χ2v) is 12.8. The Bertz CT molecular complexity index is 1400. The number of amides is 1. The fourth-order valence-electron chi connectivity index (χ4n) is 5.15. The van der Waals surface area contributed by atoms with Crippen LogP contribution in [0.4, 0.5) is 5.82 Å². The Labute approximate surface area is 241 Å². The van der Waals surface area contributed by atoms with Crippen LogP contribution in [-0.2, 0) is 25.9 Å². The summed E-state index contributed by atoms with van der Waals surface area (Å²) in [6, 6.07) is 15.5. The van der Waals surface area contributed by atoms with Gasteiger partial charge in [0.15, 0.2) is 15.7 Å². The quantitative estimate of drug-likeness (QED) is 0.187. The van der Waals surface area contributed by atoms with Crippen LogP contribution in [0.1, 0.15) is 73.2 Å². The summed E-state index contributed by atoms with van der Waals surface area (Å²) in [5.41, 5.74) is 1.25. The van der Waals surface area contributed by atoms with Crippen LogP contribution in [0.15, 0.2) is 65.7 Å². The Morgan fingerprint density at radius 3 is 2.52 bits per heavy atom. The van der Waals surface area contributed by atoms with Crippen molar-refractivity contribution in [3.05, 3.63) is 76.9 Å². The molecule has 4 rings (SSSR count). The molecule has 1 saturated carbocycles. The summed E-state index contributed by atoms with van der Waals surface area (Å²) < 4.78 is 31.1. The molecule has 2 aromatic carbocycles. The Balaban J connectivity index is 1.29. The fourth-order valence-corrected chi connectivity index (χ4v) is 6.49. The number of carbonyl (C=O) groups excluding carboxylic acids is 2. The predicted octanol–water partition coefficient (Wildman–Crippen LogP) is 6.27. The number of hydrogen-bond acceptors (Lipinski definition) is 6. The number of ether oxygens (including phenoxy) is 1. The number of carbonyl (C=O) groups is 2. The highest BCUT2D eigenvalue weighted by Gasteiger charge is 2.28. The minimum absolute atomic E-state index is 0.0611. The van der Waals surface area contributed by atoms with Gasteiger partial charge < -0.3 is 10.1 Å². The highest BCUT2D eigenvalue weighted by Crippen LogP contribution is 2.36. The summed E-state index contributed by atoms with van der Waals surface area (Å²) in [6.07, 6.45) is 10.6. The third-order valence-corrected chi connectivity index (χ3v) is 8.86. The van der Waals surface area contributed by atoms with Crippen molar-refractivity contribution < 1.29 is 22.7 Å². The molecule has 3 aromatic rings. The summed E-state index contributed by atoms with van der Waals surface area (Å²) in [6.45, 7) is 1.04. The lowest BCUT2D eigenvalue weighted by Crippen LogP contribution is -2.23. The molecule has 1 N–H and O–H groups in total. The van der Waals surface area contributed by atoms with Crippen molar-refractivity contribution >= 4 is 39.1 Å². The van der Waals surface area contributed by atoms with E-state index < -0.39 is 15.8 Å². The van der Waals surface area contributed by atoms with Gasteiger partial charge in [0, 0.05) is 25.1 Å². The number of halogens is 1. The first-order chi connectivity index (χ1) is 19.2. The molecule has 1 heterocycles. The fraction of sp³-hybridized carbons (Fsp3) is 0.433. The second-order valence-electron chi connectivity index (χ2n) is 10.4. The van der Waals surface area contributed by atoms with E-state index in [-0.39, 0.29) is 21.8 Å². The van der Waals surface area contributed by atoms with Crippen LogP contribution in [0, 0.1) is 5.92 Å². The number of esters is 1. The van der Waals surface area contributed by atoms with E-state index in [0.717, 1.165) is 51.2 Å². The van der Waals surface area contributed by atoms with E-state index in [1.165, 1.54) is 6.07 Å². The number of aromatic nitrogens is 2. The van der Waals surface area contributed by atoms with Crippen molar-refractivity contribution in [3.8, 4) is 0 Å². The lowest BCUT2D eigenvalue weighted by molar-refractivity contribution is -0.118. The molecular weight excluding hydrogens is 550 g/mol. The molecule has 1 aromatic heterocycles. The zero-order valence-corrected chi connectivity index (χ0v) is 24.3. The number of aryl methyl sites for hydroxylation is 1. The highest BCUT2D eigenvalue weighted by molar-refractivity contribution is 7.90. The molecule has 1 amide bonds. The molecule has 1 fully saturated rings. The van der Waals surface area contributed by atoms with E-state index in [9.17, 15) is 18.0 Å². The Kier molecular flexibility index (Phi) is 10.4. The van der Waals surface area contributed by atoms with Crippen molar-refractivity contribution in [3.63, 3.8) is 0 Å². The maximum atomic E-state index is 13.4. The summed E-state index contributed by atoms with van der Waals surface area (Å²) in [5.74, 6) is -0.0443. The smallest absolute Gasteiger partial charge is 0.338 e. The molecule has 0 bridgehead atoms. The molecule has 0 aliphatic heterocycles. The van der Waals surface area contributed by atoms with E-state index in [1.54, 1.807) is 47.1 Å². The van der Waals surface area contributed by atoms with Gasteiger partial charge in [0.05, 0.1) is 28.0 Å². The molecular formula is C30H36ClN3O5S. The average molecular weight is 586 g/mol. The first-order valence-corrected chi connectivity index (χ1v) is 16.0. The van der Waals surface area contributed by atoms with Gasteiger partial charge in [0.1, 0.15) is 0 Å². The van der Waals surface area contributed by atoms with Crippen LogP contribution in [0.25, 0.3) is 0 Å². The Hall–Kier alpha value is -3.17. The maximum Gasteiger partial charge on any atom is 0.338 e. The van der Waals surface area contributed by atoms with Crippen molar-refractivity contribution in [1.29, 1.82) is 0 Å². The Morgan fingerprint density at radius 2 is 1.82 bits per heavy atom. The van der Waals surface area contributed by atoms with Crippen molar-refractivity contribution in [2.24, 2.45) is 5.92 Å². The van der Waals surface area contributed by atoms with Crippen molar-refractivity contribution in [2.45, 2.75) is 68.7 Å². The second kappa shape index (κ2) is 13.9. The van der Waals surface area contributed by atoms with Gasteiger partial charge in [0.25, 0.3) is 0 Å². The van der Waals surface area contributed by atoms with Gasteiger partial charge >= 0.3 is 5.97 Å². The van der Waals surface area contributed by atoms with E-state index >= 15 is 0 Å². The minimum atomic E-state index is -3.46. The van der Waals surface area contributed by atoms with E-state index in [0.29, 0.717) is 42.4 Å². The summed E-state index contributed by atoms with van der Waals surface area (Å²) in [7, 11) is -3.46. The zero-order valence-electron chi connectivity index (χ0n) is 22.7. The van der Waals surface area contributed by atoms with Gasteiger partial charge in [-0.3, -0.25) is 9.48 Å². The zero-order chi connectivity index (χ0) is 28.5. The number of anilines is 1. The van der Waals surface area contributed by atoms with Gasteiger partial charge in [-0.15, -0.1) is 0 Å². The Morgan fingerprint density at radius 1 is 1.07 bits per heavy atom. The largest absolute Gasteiger partial charge is 0.462 e. The molecule has 1 aliphatic carbocycles. The normalized spacial score (nSPS) is 14.7. The highest BCUT2D eigenvalue weighted by atomic mass is 35.5. The lowest BCUT2D eigenvalue weighted by Gasteiger charge is -2.21. The van der Waals surface area contributed by atoms with E-state index in [2.05, 4.69) is 10.4 Å². The van der Waals surface area contributed by atoms with E-state index in [1.807, 2.05) is 12.3 Å². The first kappa shape index (κ1) is 29.8. The van der Waals surface area contributed by atoms with Crippen LogP contribution in [0.3, 0.4) is 0 Å². The number of benzene rings is 2. The molecule has 0 unspecified atom stereocenters. The average Bonchev–Trinajstić information content (AvgIpc) is 3.61. The molecule has 10 heteroatoms. The van der Waals surface area contributed by atoms with Gasteiger partial charge in [-0.05, 0) is 61.4 Å². The van der Waals surface area contributed by atoms with E-state index in [4.69, 9.17) is 16.3 Å². The molecule has 0 spiro atoms. The van der Waals surface area contributed by atoms with Gasteiger partial charge in [-0.1, -0.05) is 61.5 Å². The third-order valence-electron chi connectivity index (χ3n) is 7.28. The molecule has 40 heavy (non-hydrogen) atoms.